The van der Waals surface area contributed by atoms with Gasteiger partial charge in [0.2, 0.25) is 0 Å². The Morgan fingerprint density at radius 1 is 1.43 bits per heavy atom. The van der Waals surface area contributed by atoms with Gasteiger partial charge < -0.3 is 5.73 Å². The van der Waals surface area contributed by atoms with Crippen molar-refractivity contribution in [2.24, 2.45) is 5.73 Å². The van der Waals surface area contributed by atoms with E-state index in [2.05, 4.69) is 4.98 Å². The fraction of sp³-hybridized carbons (Fsp3) is 0. The van der Waals surface area contributed by atoms with Crippen molar-refractivity contribution < 1.29 is 4.79 Å². The smallest absolute Gasteiger partial charge is 0.250 e. The number of fused-ring (bicyclic) bond motifs is 1. The van der Waals surface area contributed by atoms with Gasteiger partial charge in [0.05, 0.1) is 16.1 Å². The molecule has 0 aliphatic rings. The lowest BCUT2D eigenvalue weighted by molar-refractivity contribution is 0.100. The molecule has 0 bridgehead atoms. The molecule has 0 saturated heterocycles. The van der Waals surface area contributed by atoms with Crippen LogP contribution in [0.5, 0.6) is 0 Å². The number of carbonyl (C=O) groups is 1. The van der Waals surface area contributed by atoms with Crippen molar-refractivity contribution in [3.8, 4) is 0 Å². The van der Waals surface area contributed by atoms with Gasteiger partial charge in [0.25, 0.3) is 5.91 Å². The van der Waals surface area contributed by atoms with E-state index in [9.17, 15) is 4.79 Å². The lowest BCUT2D eigenvalue weighted by atomic mass is 10.1. The molecule has 1 heterocycles. The number of rotatable bonds is 1. The van der Waals surface area contributed by atoms with Crippen molar-refractivity contribution in [2.45, 2.75) is 0 Å². The molecular formula is C10H7ClN2O. The molecule has 2 rings (SSSR count). The van der Waals surface area contributed by atoms with Crippen molar-refractivity contribution >= 4 is 28.4 Å². The summed E-state index contributed by atoms with van der Waals surface area (Å²) in [6.45, 7) is 0. The molecule has 70 valence electrons. The van der Waals surface area contributed by atoms with Gasteiger partial charge in [0, 0.05) is 11.6 Å². The Morgan fingerprint density at radius 2 is 2.21 bits per heavy atom. The number of halogens is 1. The largest absolute Gasteiger partial charge is 0.366 e. The molecule has 0 atom stereocenters. The second kappa shape index (κ2) is 3.27. The van der Waals surface area contributed by atoms with Crippen LogP contribution in [0.15, 0.2) is 30.5 Å². The highest BCUT2D eigenvalue weighted by Crippen LogP contribution is 2.19. The fourth-order valence-electron chi connectivity index (χ4n) is 1.33. The first kappa shape index (κ1) is 8.97. The molecule has 0 aliphatic carbocycles. The van der Waals surface area contributed by atoms with E-state index in [1.54, 1.807) is 18.2 Å². The number of primary amides is 1. The Balaban J connectivity index is 2.81. The number of nitrogens with two attached hydrogens (primary N) is 1. The number of hydrogen-bond acceptors (Lipinski definition) is 2. The first-order valence-corrected chi connectivity index (χ1v) is 4.40. The van der Waals surface area contributed by atoms with Crippen LogP contribution in [0.25, 0.3) is 10.9 Å². The molecule has 0 unspecified atom stereocenters. The van der Waals surface area contributed by atoms with E-state index in [0.717, 1.165) is 5.39 Å². The van der Waals surface area contributed by atoms with Crippen LogP contribution in [-0.4, -0.2) is 10.9 Å². The number of nitrogens with zero attached hydrogens (tertiary/aromatic N) is 1. The Bertz CT molecular complexity index is 510. The molecule has 0 radical (unpaired) electrons. The molecule has 1 amide bonds. The third-order valence-corrected chi connectivity index (χ3v) is 2.15. The van der Waals surface area contributed by atoms with Crippen LogP contribution in [0, 0.1) is 0 Å². The summed E-state index contributed by atoms with van der Waals surface area (Å²) in [4.78, 5) is 15.1. The molecule has 4 heteroatoms. The molecule has 2 aromatic rings. The molecule has 0 aliphatic heterocycles. The van der Waals surface area contributed by atoms with Crippen LogP contribution in [0.2, 0.25) is 5.02 Å². The summed E-state index contributed by atoms with van der Waals surface area (Å²) in [5.41, 5.74) is 6.21. The van der Waals surface area contributed by atoms with Crippen LogP contribution in [0.3, 0.4) is 0 Å². The highest BCUT2D eigenvalue weighted by atomic mass is 35.5. The predicted octanol–water partition coefficient (Wildman–Crippen LogP) is 1.99. The average molecular weight is 207 g/mol. The summed E-state index contributed by atoms with van der Waals surface area (Å²) in [7, 11) is 0. The number of amides is 1. The maximum absolute atomic E-state index is 11.0. The van der Waals surface area contributed by atoms with Crippen LogP contribution in [0.4, 0.5) is 0 Å². The zero-order valence-electron chi connectivity index (χ0n) is 7.20. The lowest BCUT2D eigenvalue weighted by Crippen LogP contribution is -2.11. The number of carbonyl (C=O) groups excluding carboxylic acids is 1. The minimum absolute atomic E-state index is 0.416. The number of benzene rings is 1. The van der Waals surface area contributed by atoms with Crippen molar-refractivity contribution in [1.29, 1.82) is 0 Å². The molecule has 1 aromatic heterocycles. The predicted molar refractivity (Wildman–Crippen MR) is 55.3 cm³/mol. The van der Waals surface area contributed by atoms with Crippen LogP contribution < -0.4 is 5.73 Å². The Morgan fingerprint density at radius 3 is 2.93 bits per heavy atom. The quantitative estimate of drug-likeness (QED) is 0.776. The standard InChI is InChI=1S/C10H7ClN2O/c11-7-4-6-2-1-3-8(10(12)14)9(6)13-5-7/h1-5H,(H2,12,14). The van der Waals surface area contributed by atoms with Gasteiger partial charge in [0.1, 0.15) is 0 Å². The van der Waals surface area contributed by atoms with Gasteiger partial charge in [-0.3, -0.25) is 9.78 Å². The third-order valence-electron chi connectivity index (χ3n) is 1.94. The Kier molecular flexibility index (Phi) is 2.09. The Labute approximate surface area is 85.5 Å². The fourth-order valence-corrected chi connectivity index (χ4v) is 1.50. The maximum Gasteiger partial charge on any atom is 0.250 e. The van der Waals surface area contributed by atoms with E-state index in [1.165, 1.54) is 6.20 Å². The summed E-state index contributed by atoms with van der Waals surface area (Å²) in [6, 6.07) is 6.98. The summed E-state index contributed by atoms with van der Waals surface area (Å²) in [5.74, 6) is -0.481. The summed E-state index contributed by atoms with van der Waals surface area (Å²) in [6.07, 6.45) is 1.50. The van der Waals surface area contributed by atoms with Gasteiger partial charge in [-0.25, -0.2) is 0 Å². The van der Waals surface area contributed by atoms with Crippen molar-refractivity contribution in [2.75, 3.05) is 0 Å². The van der Waals surface area contributed by atoms with Gasteiger partial charge in [-0.2, -0.15) is 0 Å². The molecule has 1 aromatic carbocycles. The van der Waals surface area contributed by atoms with Crippen molar-refractivity contribution in [1.82, 2.24) is 4.98 Å². The number of para-hydroxylation sites is 1. The summed E-state index contributed by atoms with van der Waals surface area (Å²) < 4.78 is 0. The zero-order chi connectivity index (χ0) is 10.1. The van der Waals surface area contributed by atoms with Gasteiger partial charge in [-0.15, -0.1) is 0 Å². The van der Waals surface area contributed by atoms with Crippen LogP contribution in [-0.2, 0) is 0 Å². The zero-order valence-corrected chi connectivity index (χ0v) is 7.95. The van der Waals surface area contributed by atoms with Crippen LogP contribution >= 0.6 is 11.6 Å². The number of aromatic nitrogens is 1. The molecule has 0 saturated carbocycles. The maximum atomic E-state index is 11.0. The van der Waals surface area contributed by atoms with Crippen LogP contribution in [0.1, 0.15) is 10.4 Å². The topological polar surface area (TPSA) is 56.0 Å². The molecule has 0 spiro atoms. The first-order chi connectivity index (χ1) is 6.68. The van der Waals surface area contributed by atoms with E-state index in [1.807, 2.05) is 6.07 Å². The lowest BCUT2D eigenvalue weighted by Gasteiger charge is -2.01. The van der Waals surface area contributed by atoms with Crippen molar-refractivity contribution in [3.05, 3.63) is 41.0 Å². The van der Waals surface area contributed by atoms with Crippen molar-refractivity contribution in [3.63, 3.8) is 0 Å². The first-order valence-electron chi connectivity index (χ1n) is 4.02. The molecule has 2 N–H and O–H groups in total. The van der Waals surface area contributed by atoms with E-state index in [4.69, 9.17) is 17.3 Å². The van der Waals surface area contributed by atoms with E-state index >= 15 is 0 Å². The van der Waals surface area contributed by atoms with Gasteiger partial charge in [-0.05, 0) is 12.1 Å². The normalized spacial score (nSPS) is 10.4. The summed E-state index contributed by atoms with van der Waals surface area (Å²) in [5, 5.41) is 1.35. The van der Waals surface area contributed by atoms with E-state index in [-0.39, 0.29) is 0 Å². The minimum atomic E-state index is -0.481. The molecule has 0 fully saturated rings. The highest BCUT2D eigenvalue weighted by Gasteiger charge is 2.06. The second-order valence-electron chi connectivity index (χ2n) is 2.90. The molecule has 14 heavy (non-hydrogen) atoms. The summed E-state index contributed by atoms with van der Waals surface area (Å²) >= 11 is 5.77. The van der Waals surface area contributed by atoms with Gasteiger partial charge in [0.15, 0.2) is 0 Å². The average Bonchev–Trinajstić information content (AvgIpc) is 2.16. The molecule has 3 nitrogen and oxygen atoms in total. The number of pyridine rings is 1. The van der Waals surface area contributed by atoms with Gasteiger partial charge in [-0.1, -0.05) is 23.7 Å². The van der Waals surface area contributed by atoms with Gasteiger partial charge >= 0.3 is 0 Å². The Hall–Kier alpha value is -1.61. The highest BCUT2D eigenvalue weighted by molar-refractivity contribution is 6.31. The monoisotopic (exact) mass is 206 g/mol. The number of hydrogen-bond donors (Lipinski definition) is 1. The second-order valence-corrected chi connectivity index (χ2v) is 3.33. The SMILES string of the molecule is NC(=O)c1cccc2cc(Cl)cnc12. The minimum Gasteiger partial charge on any atom is -0.366 e. The molecular weight excluding hydrogens is 200 g/mol. The van der Waals surface area contributed by atoms with E-state index < -0.39 is 5.91 Å². The third kappa shape index (κ3) is 1.42. The van der Waals surface area contributed by atoms with E-state index in [0.29, 0.717) is 16.1 Å².